The molecule has 1 heterocycles. The molecule has 0 spiro atoms. The number of nitrogens with two attached hydrogens (primary N) is 1. The number of halogens is 1. The number of rotatable bonds is 0. The molecule has 52 valence electrons. The zero-order valence-electron chi connectivity index (χ0n) is 4.90. The summed E-state index contributed by atoms with van der Waals surface area (Å²) in [6, 6.07) is 0. The number of aryl methyl sites for hydroxylation is 1. The molecule has 4 nitrogen and oxygen atoms in total. The maximum Gasteiger partial charge on any atom is 0.230 e. The minimum atomic E-state index is -0.0370. The first kappa shape index (κ1) is 8.29. The van der Waals surface area contributed by atoms with E-state index in [-0.39, 0.29) is 22.9 Å². The molecule has 0 bridgehead atoms. The van der Waals surface area contributed by atoms with E-state index in [1.165, 1.54) is 10.8 Å². The van der Waals surface area contributed by atoms with Gasteiger partial charge in [0.2, 0.25) is 11.8 Å². The fourth-order valence-corrected chi connectivity index (χ4v) is 0.464. The van der Waals surface area contributed by atoms with Gasteiger partial charge in [-0.1, -0.05) is 0 Å². The molecular formula is C4H8BrN3O. The molecule has 9 heavy (non-hydrogen) atoms. The summed E-state index contributed by atoms with van der Waals surface area (Å²) in [5, 5.41) is 8.62. The van der Waals surface area contributed by atoms with Crippen molar-refractivity contribution in [1.29, 1.82) is 0 Å². The lowest BCUT2D eigenvalue weighted by Gasteiger charge is -1.86. The van der Waals surface area contributed by atoms with Crippen molar-refractivity contribution in [3.05, 3.63) is 6.20 Å². The van der Waals surface area contributed by atoms with E-state index in [2.05, 4.69) is 4.98 Å². The topological polar surface area (TPSA) is 64.1 Å². The van der Waals surface area contributed by atoms with Crippen molar-refractivity contribution in [2.75, 3.05) is 5.73 Å². The van der Waals surface area contributed by atoms with E-state index in [9.17, 15) is 0 Å². The Labute approximate surface area is 63.1 Å². The highest BCUT2D eigenvalue weighted by Gasteiger charge is 1.95. The van der Waals surface area contributed by atoms with Gasteiger partial charge in [-0.15, -0.1) is 17.0 Å². The van der Waals surface area contributed by atoms with Gasteiger partial charge < -0.3 is 15.4 Å². The van der Waals surface area contributed by atoms with Crippen molar-refractivity contribution in [2.24, 2.45) is 7.05 Å². The average Bonchev–Trinajstić information content (AvgIpc) is 1.85. The van der Waals surface area contributed by atoms with Gasteiger partial charge >= 0.3 is 0 Å². The molecular weight excluding hydrogens is 186 g/mol. The van der Waals surface area contributed by atoms with Crippen LogP contribution in [0, 0.1) is 0 Å². The maximum atomic E-state index is 8.62. The lowest BCUT2D eigenvalue weighted by atomic mass is 10.8. The zero-order valence-corrected chi connectivity index (χ0v) is 6.62. The number of anilines is 1. The first-order valence-electron chi connectivity index (χ1n) is 2.18. The summed E-state index contributed by atoms with van der Waals surface area (Å²) in [4.78, 5) is 3.51. The number of nitrogen functional groups attached to an aromatic ring is 1. The monoisotopic (exact) mass is 193 g/mol. The van der Waals surface area contributed by atoms with Crippen LogP contribution in [0.3, 0.4) is 0 Å². The molecule has 0 amide bonds. The summed E-state index contributed by atoms with van der Waals surface area (Å²) in [6.07, 6.45) is 1.44. The molecule has 0 radical (unpaired) electrons. The van der Waals surface area contributed by atoms with E-state index >= 15 is 0 Å². The van der Waals surface area contributed by atoms with Gasteiger partial charge in [0.25, 0.3) is 0 Å². The Bertz CT molecular complexity index is 178. The van der Waals surface area contributed by atoms with E-state index in [1.807, 2.05) is 0 Å². The minimum Gasteiger partial charge on any atom is -0.492 e. The standard InChI is InChI=1S/C4H7N3O.BrH/c1-7-2-3(8)6-4(7)5;/h2,8H,1H3,(H2,5,6);1H. The second-order valence-corrected chi connectivity index (χ2v) is 1.57. The molecule has 3 N–H and O–H groups in total. The lowest BCUT2D eigenvalue weighted by molar-refractivity contribution is 0.456. The Morgan fingerprint density at radius 2 is 2.33 bits per heavy atom. The molecule has 5 heteroatoms. The first-order valence-corrected chi connectivity index (χ1v) is 2.18. The maximum absolute atomic E-state index is 8.62. The van der Waals surface area contributed by atoms with Crippen molar-refractivity contribution in [2.45, 2.75) is 0 Å². The Morgan fingerprint density at radius 1 is 1.78 bits per heavy atom. The van der Waals surface area contributed by atoms with Gasteiger partial charge in [-0.25, -0.2) is 0 Å². The Hall–Kier alpha value is -0.710. The third kappa shape index (κ3) is 1.60. The van der Waals surface area contributed by atoms with Gasteiger partial charge in [0.05, 0.1) is 6.20 Å². The van der Waals surface area contributed by atoms with E-state index in [1.54, 1.807) is 7.05 Å². The number of nitrogens with zero attached hydrogens (tertiary/aromatic N) is 2. The Balaban J connectivity index is 0.000000640. The molecule has 0 fully saturated rings. The molecule has 1 aromatic heterocycles. The Kier molecular flexibility index (Phi) is 2.51. The number of hydrogen-bond donors (Lipinski definition) is 2. The molecule has 0 aliphatic carbocycles. The molecule has 0 saturated carbocycles. The van der Waals surface area contributed by atoms with Gasteiger partial charge in [-0.2, -0.15) is 4.98 Å². The van der Waals surface area contributed by atoms with Crippen molar-refractivity contribution in [3.63, 3.8) is 0 Å². The quantitative estimate of drug-likeness (QED) is 0.623. The van der Waals surface area contributed by atoms with Crippen molar-refractivity contribution in [3.8, 4) is 5.88 Å². The summed E-state index contributed by atoms with van der Waals surface area (Å²) in [7, 11) is 1.71. The highest BCUT2D eigenvalue weighted by molar-refractivity contribution is 8.93. The van der Waals surface area contributed by atoms with Crippen LogP contribution in [0.2, 0.25) is 0 Å². The first-order chi connectivity index (χ1) is 3.70. The van der Waals surface area contributed by atoms with Crippen LogP contribution in [-0.4, -0.2) is 14.7 Å². The third-order valence-corrected chi connectivity index (χ3v) is 0.900. The normalized spacial score (nSPS) is 8.56. The largest absolute Gasteiger partial charge is 0.492 e. The van der Waals surface area contributed by atoms with Crippen molar-refractivity contribution >= 4 is 22.9 Å². The number of aromatic hydroxyl groups is 1. The molecule has 0 aromatic carbocycles. The molecule has 0 aliphatic heterocycles. The predicted molar refractivity (Wildman–Crippen MR) is 39.6 cm³/mol. The highest BCUT2D eigenvalue weighted by Crippen LogP contribution is 2.06. The molecule has 1 rings (SSSR count). The summed E-state index contributed by atoms with van der Waals surface area (Å²) in [5.41, 5.74) is 5.23. The number of hydrogen-bond acceptors (Lipinski definition) is 3. The SMILES string of the molecule is Br.Cn1cc(O)nc1N. The van der Waals surface area contributed by atoms with Gasteiger partial charge in [0, 0.05) is 7.05 Å². The van der Waals surface area contributed by atoms with Crippen LogP contribution in [-0.2, 0) is 7.05 Å². The van der Waals surface area contributed by atoms with E-state index in [0.717, 1.165) is 0 Å². The fraction of sp³-hybridized carbons (Fsp3) is 0.250. The van der Waals surface area contributed by atoms with Crippen LogP contribution in [0.1, 0.15) is 0 Å². The van der Waals surface area contributed by atoms with Crippen LogP contribution in [0.25, 0.3) is 0 Å². The van der Waals surface area contributed by atoms with Crippen LogP contribution in [0.4, 0.5) is 5.95 Å². The van der Waals surface area contributed by atoms with Crippen LogP contribution < -0.4 is 5.73 Å². The zero-order chi connectivity index (χ0) is 6.15. The second-order valence-electron chi connectivity index (χ2n) is 1.57. The van der Waals surface area contributed by atoms with E-state index < -0.39 is 0 Å². The van der Waals surface area contributed by atoms with Crippen LogP contribution in [0.15, 0.2) is 6.20 Å². The van der Waals surface area contributed by atoms with Gasteiger partial charge in [-0.3, -0.25) is 0 Å². The average molecular weight is 194 g/mol. The van der Waals surface area contributed by atoms with E-state index in [4.69, 9.17) is 10.8 Å². The van der Waals surface area contributed by atoms with Gasteiger partial charge in [0.15, 0.2) is 0 Å². The molecule has 1 aromatic rings. The summed E-state index contributed by atoms with van der Waals surface area (Å²) >= 11 is 0. The third-order valence-electron chi connectivity index (χ3n) is 0.900. The smallest absolute Gasteiger partial charge is 0.230 e. The summed E-state index contributed by atoms with van der Waals surface area (Å²) in [5.74, 6) is 0.285. The highest BCUT2D eigenvalue weighted by atomic mass is 79.9. The van der Waals surface area contributed by atoms with Crippen LogP contribution in [0.5, 0.6) is 5.88 Å². The Morgan fingerprint density at radius 3 is 2.44 bits per heavy atom. The molecule has 0 atom stereocenters. The van der Waals surface area contributed by atoms with Crippen molar-refractivity contribution in [1.82, 2.24) is 9.55 Å². The minimum absolute atomic E-state index is 0. The van der Waals surface area contributed by atoms with Gasteiger partial charge in [0.1, 0.15) is 0 Å². The molecule has 0 aliphatic rings. The lowest BCUT2D eigenvalue weighted by Crippen LogP contribution is -1.94. The summed E-state index contributed by atoms with van der Waals surface area (Å²) < 4.78 is 1.54. The van der Waals surface area contributed by atoms with Gasteiger partial charge in [-0.05, 0) is 0 Å². The second kappa shape index (κ2) is 2.72. The fourth-order valence-electron chi connectivity index (χ4n) is 0.464. The summed E-state index contributed by atoms with van der Waals surface area (Å²) in [6.45, 7) is 0. The number of aromatic nitrogens is 2. The van der Waals surface area contributed by atoms with E-state index in [0.29, 0.717) is 5.95 Å². The van der Waals surface area contributed by atoms with Crippen LogP contribution >= 0.6 is 17.0 Å². The molecule has 0 unspecified atom stereocenters. The van der Waals surface area contributed by atoms with Crippen molar-refractivity contribution < 1.29 is 5.11 Å². The predicted octanol–water partition coefficient (Wildman–Crippen LogP) is 0.286. The molecule has 0 saturated heterocycles. The number of imidazole rings is 1.